The summed E-state index contributed by atoms with van der Waals surface area (Å²) in [5.41, 5.74) is 1.04. The zero-order valence-electron chi connectivity index (χ0n) is 7.59. The Balaban J connectivity index is 2.83. The Morgan fingerprint density at radius 3 is 2.67 bits per heavy atom. The predicted octanol–water partition coefficient (Wildman–Crippen LogP) is 1.80. The third-order valence-corrected chi connectivity index (χ3v) is 5.69. The molecule has 0 saturated carbocycles. The van der Waals surface area contributed by atoms with Gasteiger partial charge in [0.05, 0.1) is 10.4 Å². The van der Waals surface area contributed by atoms with Gasteiger partial charge in [-0.25, -0.2) is 8.42 Å². The van der Waals surface area contributed by atoms with Crippen molar-refractivity contribution in [3.8, 4) is 0 Å². The molecule has 1 aromatic heterocycles. The molecule has 0 unspecified atom stereocenters. The smallest absolute Gasteiger partial charge is 0.189 e. The molecule has 4 nitrogen and oxygen atoms in total. The number of fused-ring (bicyclic) bond motifs is 1. The van der Waals surface area contributed by atoms with E-state index >= 15 is 0 Å². The van der Waals surface area contributed by atoms with Crippen molar-refractivity contribution in [2.24, 2.45) is 0 Å². The van der Waals surface area contributed by atoms with Gasteiger partial charge in [-0.1, -0.05) is 28.7 Å². The molecule has 6 heteroatoms. The molecule has 0 fully saturated rings. The van der Waals surface area contributed by atoms with Crippen LogP contribution in [0, 0.1) is 0 Å². The summed E-state index contributed by atoms with van der Waals surface area (Å²) < 4.78 is 23.5. The first-order chi connectivity index (χ1) is 7.15. The predicted molar refractivity (Wildman–Crippen MR) is 65.6 cm³/mol. The van der Waals surface area contributed by atoms with Crippen molar-refractivity contribution in [3.63, 3.8) is 0 Å². The third kappa shape index (κ3) is 1.96. The molecule has 78 valence electrons. The van der Waals surface area contributed by atoms with E-state index < -0.39 is 9.84 Å². The van der Waals surface area contributed by atoms with Crippen LogP contribution in [0.4, 0.5) is 0 Å². The van der Waals surface area contributed by atoms with E-state index in [9.17, 15) is 8.42 Å². The zero-order valence-corrected chi connectivity index (χ0v) is 10.6. The van der Waals surface area contributed by atoms with Gasteiger partial charge in [0.25, 0.3) is 0 Å². The van der Waals surface area contributed by atoms with Crippen LogP contribution in [-0.2, 0) is 9.84 Å². The second kappa shape index (κ2) is 4.01. The van der Waals surface area contributed by atoms with E-state index in [0.717, 1.165) is 0 Å². The molecule has 15 heavy (non-hydrogen) atoms. The number of hydrogen-bond donors (Lipinski definition) is 0. The van der Waals surface area contributed by atoms with Gasteiger partial charge in [-0.2, -0.15) is 0 Å². The third-order valence-electron chi connectivity index (χ3n) is 1.94. The fourth-order valence-electron chi connectivity index (χ4n) is 1.28. The van der Waals surface area contributed by atoms with Gasteiger partial charge in [-0.3, -0.25) is 9.97 Å². The van der Waals surface area contributed by atoms with Gasteiger partial charge in [0.1, 0.15) is 9.28 Å². The summed E-state index contributed by atoms with van der Waals surface area (Å²) in [4.78, 5) is 8.36. The average Bonchev–Trinajstić information content (AvgIpc) is 2.28. The molecule has 2 aromatic rings. The Morgan fingerprint density at radius 1 is 1.20 bits per heavy atom. The molecule has 0 radical (unpaired) electrons. The first-order valence-corrected chi connectivity index (χ1v) is 7.31. The number of benzene rings is 1. The summed E-state index contributed by atoms with van der Waals surface area (Å²) in [5.74, 6) is 0. The number of alkyl halides is 1. The maximum atomic E-state index is 11.7. The molecular weight excluding hydrogens is 327 g/mol. The van der Waals surface area contributed by atoms with E-state index in [4.69, 9.17) is 0 Å². The maximum Gasteiger partial charge on any atom is 0.189 e. The first kappa shape index (κ1) is 10.7. The summed E-state index contributed by atoms with van der Waals surface area (Å²) >= 11 is 1.83. The van der Waals surface area contributed by atoms with Crippen LogP contribution in [0.15, 0.2) is 35.5 Å². The molecule has 0 saturated heterocycles. The molecule has 0 aliphatic carbocycles. The van der Waals surface area contributed by atoms with Crippen molar-refractivity contribution in [1.82, 2.24) is 9.97 Å². The minimum Gasteiger partial charge on any atom is -0.253 e. The Morgan fingerprint density at radius 2 is 1.93 bits per heavy atom. The van der Waals surface area contributed by atoms with Gasteiger partial charge in [0.2, 0.25) is 0 Å². The zero-order chi connectivity index (χ0) is 10.9. The number of halogens is 1. The fourth-order valence-corrected chi connectivity index (χ4v) is 3.14. The van der Waals surface area contributed by atoms with E-state index in [-0.39, 0.29) is 8.66 Å². The molecular formula is C9H7IN2O2S. The monoisotopic (exact) mass is 334 g/mol. The van der Waals surface area contributed by atoms with Crippen molar-refractivity contribution >= 4 is 43.5 Å². The largest absolute Gasteiger partial charge is 0.253 e. The van der Waals surface area contributed by atoms with Crippen LogP contribution >= 0.6 is 22.6 Å². The van der Waals surface area contributed by atoms with E-state index in [0.29, 0.717) is 11.0 Å². The van der Waals surface area contributed by atoms with Crippen LogP contribution in [0.1, 0.15) is 0 Å². The maximum absolute atomic E-state index is 11.7. The van der Waals surface area contributed by atoms with E-state index in [1.54, 1.807) is 24.4 Å². The Kier molecular flexibility index (Phi) is 2.87. The van der Waals surface area contributed by atoms with Crippen molar-refractivity contribution in [2.75, 3.05) is 3.76 Å². The Hall–Kier alpha value is -0.760. The SMILES string of the molecule is O=S(=O)(CI)c1cccc2nccnc12. The van der Waals surface area contributed by atoms with Crippen LogP contribution in [0.3, 0.4) is 0 Å². The summed E-state index contributed by atoms with van der Waals surface area (Å²) in [7, 11) is -3.24. The van der Waals surface area contributed by atoms with Crippen molar-refractivity contribution < 1.29 is 8.42 Å². The summed E-state index contributed by atoms with van der Waals surface area (Å²) in [6.45, 7) is 0. The topological polar surface area (TPSA) is 59.9 Å². The molecule has 0 spiro atoms. The highest BCUT2D eigenvalue weighted by atomic mass is 127. The number of rotatable bonds is 2. The molecule has 1 aromatic carbocycles. The lowest BCUT2D eigenvalue weighted by Crippen LogP contribution is -2.03. The molecule has 0 N–H and O–H groups in total. The van der Waals surface area contributed by atoms with E-state index in [2.05, 4.69) is 9.97 Å². The summed E-state index contributed by atoms with van der Waals surface area (Å²) in [6.07, 6.45) is 3.04. The lowest BCUT2D eigenvalue weighted by molar-refractivity contribution is 0.602. The van der Waals surface area contributed by atoms with Crippen molar-refractivity contribution in [1.29, 1.82) is 0 Å². The highest BCUT2D eigenvalue weighted by Crippen LogP contribution is 2.21. The van der Waals surface area contributed by atoms with Crippen LogP contribution in [0.2, 0.25) is 0 Å². The van der Waals surface area contributed by atoms with Crippen LogP contribution < -0.4 is 0 Å². The lowest BCUT2D eigenvalue weighted by Gasteiger charge is -2.03. The van der Waals surface area contributed by atoms with E-state index in [1.807, 2.05) is 22.6 Å². The summed E-state index contributed by atoms with van der Waals surface area (Å²) in [6, 6.07) is 4.98. The van der Waals surface area contributed by atoms with Gasteiger partial charge >= 0.3 is 0 Å². The highest BCUT2D eigenvalue weighted by molar-refractivity contribution is 14.1. The van der Waals surface area contributed by atoms with Gasteiger partial charge in [0.15, 0.2) is 9.84 Å². The molecule has 0 aliphatic rings. The normalized spacial score (nSPS) is 11.8. The minimum atomic E-state index is -3.24. The van der Waals surface area contributed by atoms with Crippen molar-refractivity contribution in [3.05, 3.63) is 30.6 Å². The highest BCUT2D eigenvalue weighted by Gasteiger charge is 2.16. The standard InChI is InChI=1S/C9H7IN2O2S/c10-6-15(13,14)8-3-1-2-7-9(8)12-5-4-11-7/h1-5H,6H2. The minimum absolute atomic E-state index is 0.0421. The van der Waals surface area contributed by atoms with Gasteiger partial charge in [0, 0.05) is 12.4 Å². The van der Waals surface area contributed by atoms with Crippen LogP contribution in [0.25, 0.3) is 11.0 Å². The fraction of sp³-hybridized carbons (Fsp3) is 0.111. The first-order valence-electron chi connectivity index (χ1n) is 4.13. The average molecular weight is 334 g/mol. The Labute approximate surface area is 101 Å². The molecule has 0 aliphatic heterocycles. The van der Waals surface area contributed by atoms with Gasteiger partial charge in [-0.05, 0) is 12.1 Å². The van der Waals surface area contributed by atoms with Crippen LogP contribution in [0.5, 0.6) is 0 Å². The van der Waals surface area contributed by atoms with Gasteiger partial charge in [-0.15, -0.1) is 0 Å². The number of para-hydroxylation sites is 1. The summed E-state index contributed by atoms with van der Waals surface area (Å²) in [5, 5.41) is 0. The van der Waals surface area contributed by atoms with E-state index in [1.165, 1.54) is 6.20 Å². The molecule has 0 atom stereocenters. The number of hydrogen-bond acceptors (Lipinski definition) is 4. The van der Waals surface area contributed by atoms with Crippen LogP contribution in [-0.4, -0.2) is 22.1 Å². The quantitative estimate of drug-likeness (QED) is 0.621. The molecule has 2 rings (SSSR count). The molecule has 0 amide bonds. The molecule has 1 heterocycles. The van der Waals surface area contributed by atoms with Gasteiger partial charge < -0.3 is 0 Å². The second-order valence-electron chi connectivity index (χ2n) is 2.90. The molecule has 0 bridgehead atoms. The number of aromatic nitrogens is 2. The number of nitrogens with zero attached hydrogens (tertiary/aromatic N) is 2. The lowest BCUT2D eigenvalue weighted by atomic mass is 10.3. The van der Waals surface area contributed by atoms with Crippen molar-refractivity contribution in [2.45, 2.75) is 4.90 Å². The number of sulfone groups is 1. The Bertz CT molecular complexity index is 593. The second-order valence-corrected chi connectivity index (χ2v) is 6.66.